The lowest BCUT2D eigenvalue weighted by molar-refractivity contribution is -0.139. The standard InChI is InChI=1S/C17H25N3O6S/c1-12-3-5-14(26-2)15(11-12)27(24,25)20-9-7-19(8-10-20)16(21)6-4-13(18)17(22)23/h3,5,11,13H,4,6-10,18H2,1-2H3,(H,22,23)/t13-/m0/s1. The largest absolute Gasteiger partial charge is 0.495 e. The van der Waals surface area contributed by atoms with Crippen molar-refractivity contribution in [2.45, 2.75) is 30.7 Å². The third-order valence-corrected chi connectivity index (χ3v) is 6.43. The fourth-order valence-corrected chi connectivity index (χ4v) is 4.53. The minimum Gasteiger partial charge on any atom is -0.495 e. The molecule has 3 N–H and O–H groups in total. The molecule has 27 heavy (non-hydrogen) atoms. The maximum atomic E-state index is 12.9. The highest BCUT2D eigenvalue weighted by atomic mass is 32.2. The monoisotopic (exact) mass is 399 g/mol. The van der Waals surface area contributed by atoms with Gasteiger partial charge in [0.2, 0.25) is 15.9 Å². The van der Waals surface area contributed by atoms with Gasteiger partial charge in [0.25, 0.3) is 0 Å². The lowest BCUT2D eigenvalue weighted by Gasteiger charge is -2.34. The van der Waals surface area contributed by atoms with Gasteiger partial charge < -0.3 is 20.5 Å². The van der Waals surface area contributed by atoms with E-state index in [1.54, 1.807) is 25.1 Å². The molecule has 0 spiro atoms. The number of aliphatic carboxylic acids is 1. The molecule has 1 aliphatic rings. The molecule has 1 saturated heterocycles. The number of piperazine rings is 1. The third kappa shape index (κ3) is 4.96. The van der Waals surface area contributed by atoms with Crippen molar-refractivity contribution >= 4 is 21.9 Å². The molecule has 9 nitrogen and oxygen atoms in total. The van der Waals surface area contributed by atoms with E-state index in [-0.39, 0.29) is 55.6 Å². The Morgan fingerprint density at radius 3 is 2.44 bits per heavy atom. The second-order valence-electron chi connectivity index (χ2n) is 6.42. The quantitative estimate of drug-likeness (QED) is 0.661. The van der Waals surface area contributed by atoms with Gasteiger partial charge in [0.05, 0.1) is 7.11 Å². The van der Waals surface area contributed by atoms with Crippen molar-refractivity contribution in [3.63, 3.8) is 0 Å². The summed E-state index contributed by atoms with van der Waals surface area (Å²) in [5, 5.41) is 8.77. The summed E-state index contributed by atoms with van der Waals surface area (Å²) in [6.07, 6.45) is 0.0685. The van der Waals surface area contributed by atoms with Crippen LogP contribution in [-0.2, 0) is 19.6 Å². The van der Waals surface area contributed by atoms with Gasteiger partial charge in [0.15, 0.2) is 0 Å². The van der Waals surface area contributed by atoms with Gasteiger partial charge in [-0.25, -0.2) is 8.42 Å². The van der Waals surface area contributed by atoms with E-state index in [1.165, 1.54) is 16.3 Å². The molecule has 0 aliphatic carbocycles. The normalized spacial score (nSPS) is 16.8. The summed E-state index contributed by atoms with van der Waals surface area (Å²) in [5.74, 6) is -1.09. The number of sulfonamides is 1. The Balaban J connectivity index is 2.01. The van der Waals surface area contributed by atoms with Gasteiger partial charge in [0, 0.05) is 32.6 Å². The average Bonchev–Trinajstić information content (AvgIpc) is 2.65. The molecule has 0 unspecified atom stereocenters. The molecule has 0 bridgehead atoms. The highest BCUT2D eigenvalue weighted by Crippen LogP contribution is 2.28. The molecule has 1 amide bonds. The lowest BCUT2D eigenvalue weighted by Crippen LogP contribution is -2.50. The van der Waals surface area contributed by atoms with Crippen LogP contribution in [0.4, 0.5) is 0 Å². The summed E-state index contributed by atoms with van der Waals surface area (Å²) in [6.45, 7) is 2.62. The van der Waals surface area contributed by atoms with Crippen LogP contribution in [0.3, 0.4) is 0 Å². The van der Waals surface area contributed by atoms with Gasteiger partial charge in [-0.3, -0.25) is 9.59 Å². The maximum Gasteiger partial charge on any atom is 0.320 e. The highest BCUT2D eigenvalue weighted by Gasteiger charge is 2.32. The van der Waals surface area contributed by atoms with Crippen LogP contribution in [0.2, 0.25) is 0 Å². The molecular weight excluding hydrogens is 374 g/mol. The number of ether oxygens (including phenoxy) is 1. The summed E-state index contributed by atoms with van der Waals surface area (Å²) < 4.78 is 32.4. The Labute approximate surface area is 158 Å². The van der Waals surface area contributed by atoms with E-state index >= 15 is 0 Å². The molecule has 2 rings (SSSR count). The van der Waals surface area contributed by atoms with E-state index in [1.807, 2.05) is 0 Å². The van der Waals surface area contributed by atoms with Crippen LogP contribution >= 0.6 is 0 Å². The number of hydrogen-bond acceptors (Lipinski definition) is 6. The Hall–Kier alpha value is -2.17. The van der Waals surface area contributed by atoms with E-state index in [0.29, 0.717) is 0 Å². The first kappa shape index (κ1) is 21.1. The van der Waals surface area contributed by atoms with Crippen molar-refractivity contribution in [3.05, 3.63) is 23.8 Å². The number of carboxylic acid groups (broad SMARTS) is 1. The van der Waals surface area contributed by atoms with Crippen LogP contribution in [0.25, 0.3) is 0 Å². The number of hydrogen-bond donors (Lipinski definition) is 2. The van der Waals surface area contributed by atoms with Gasteiger partial charge in [-0.2, -0.15) is 4.31 Å². The smallest absolute Gasteiger partial charge is 0.320 e. The van der Waals surface area contributed by atoms with Gasteiger partial charge in [-0.05, 0) is 31.0 Å². The summed E-state index contributed by atoms with van der Waals surface area (Å²) in [4.78, 5) is 24.5. The number of carbonyl (C=O) groups is 2. The molecule has 0 radical (unpaired) electrons. The first-order valence-electron chi connectivity index (χ1n) is 8.57. The summed E-state index contributed by atoms with van der Waals surface area (Å²) in [6, 6.07) is 3.88. The van der Waals surface area contributed by atoms with Crippen LogP contribution in [0.1, 0.15) is 18.4 Å². The van der Waals surface area contributed by atoms with Crippen molar-refractivity contribution in [2.24, 2.45) is 5.73 Å². The second-order valence-corrected chi connectivity index (χ2v) is 8.33. The number of aryl methyl sites for hydroxylation is 1. The van der Waals surface area contributed by atoms with Crippen LogP contribution in [0.5, 0.6) is 5.75 Å². The van der Waals surface area contributed by atoms with Gasteiger partial charge in [0.1, 0.15) is 16.7 Å². The molecule has 0 aromatic heterocycles. The molecule has 1 aliphatic heterocycles. The molecule has 0 saturated carbocycles. The summed E-state index contributed by atoms with van der Waals surface area (Å²) >= 11 is 0. The Morgan fingerprint density at radius 2 is 1.89 bits per heavy atom. The van der Waals surface area contributed by atoms with E-state index in [0.717, 1.165) is 5.56 Å². The topological polar surface area (TPSA) is 130 Å². The number of rotatable bonds is 7. The van der Waals surface area contributed by atoms with Crippen molar-refractivity contribution in [2.75, 3.05) is 33.3 Å². The number of amides is 1. The van der Waals surface area contributed by atoms with Gasteiger partial charge in [-0.15, -0.1) is 0 Å². The fraction of sp³-hybridized carbons (Fsp3) is 0.529. The molecule has 150 valence electrons. The number of methoxy groups -OCH3 is 1. The first-order valence-corrected chi connectivity index (χ1v) is 10.0. The molecule has 1 atom stereocenters. The van der Waals surface area contributed by atoms with Crippen LogP contribution in [-0.4, -0.2) is 73.9 Å². The first-order chi connectivity index (χ1) is 12.7. The zero-order valence-electron chi connectivity index (χ0n) is 15.4. The maximum absolute atomic E-state index is 12.9. The van der Waals surface area contributed by atoms with Crippen molar-refractivity contribution in [3.8, 4) is 5.75 Å². The molecule has 1 aromatic rings. The molecular formula is C17H25N3O6S. The van der Waals surface area contributed by atoms with Crippen LogP contribution in [0, 0.1) is 6.92 Å². The van der Waals surface area contributed by atoms with Crippen molar-refractivity contribution < 1.29 is 27.9 Å². The minimum absolute atomic E-state index is 0.0198. The van der Waals surface area contributed by atoms with E-state index in [4.69, 9.17) is 15.6 Å². The minimum atomic E-state index is -3.74. The Bertz CT molecular complexity index is 803. The zero-order valence-corrected chi connectivity index (χ0v) is 16.2. The van der Waals surface area contributed by atoms with Crippen molar-refractivity contribution in [1.82, 2.24) is 9.21 Å². The van der Waals surface area contributed by atoms with E-state index in [2.05, 4.69) is 0 Å². The van der Waals surface area contributed by atoms with Crippen molar-refractivity contribution in [1.29, 1.82) is 0 Å². The average molecular weight is 399 g/mol. The predicted molar refractivity (Wildman–Crippen MR) is 97.9 cm³/mol. The Morgan fingerprint density at radius 1 is 1.26 bits per heavy atom. The Kier molecular flexibility index (Phi) is 6.79. The third-order valence-electron chi connectivity index (χ3n) is 4.51. The number of nitrogens with two attached hydrogens (primary N) is 1. The molecule has 10 heteroatoms. The van der Waals surface area contributed by atoms with E-state index in [9.17, 15) is 18.0 Å². The SMILES string of the molecule is COc1ccc(C)cc1S(=O)(=O)N1CCN(C(=O)CC[C@H](N)C(=O)O)CC1. The molecule has 1 fully saturated rings. The summed E-state index contributed by atoms with van der Waals surface area (Å²) in [7, 11) is -2.32. The van der Waals surface area contributed by atoms with E-state index < -0.39 is 22.0 Å². The second kappa shape index (κ2) is 8.68. The number of carboxylic acids is 1. The molecule has 1 aromatic carbocycles. The molecule has 1 heterocycles. The highest BCUT2D eigenvalue weighted by molar-refractivity contribution is 7.89. The van der Waals surface area contributed by atoms with Crippen LogP contribution in [0.15, 0.2) is 23.1 Å². The number of benzene rings is 1. The zero-order chi connectivity index (χ0) is 20.2. The summed E-state index contributed by atoms with van der Waals surface area (Å²) in [5.41, 5.74) is 6.21. The van der Waals surface area contributed by atoms with Gasteiger partial charge in [-0.1, -0.05) is 6.07 Å². The number of nitrogens with zero attached hydrogens (tertiary/aromatic N) is 2. The lowest BCUT2D eigenvalue weighted by atomic mass is 10.1. The predicted octanol–water partition coefficient (Wildman–Crippen LogP) is 0.0286. The number of carbonyl (C=O) groups excluding carboxylic acids is 1. The van der Waals surface area contributed by atoms with Crippen LogP contribution < -0.4 is 10.5 Å². The fourth-order valence-electron chi connectivity index (χ4n) is 2.86. The van der Waals surface area contributed by atoms with Gasteiger partial charge >= 0.3 is 5.97 Å².